The molecule has 3 heteroatoms. The SMILES string of the molecule is CC1CCN(CNN)CC1. The van der Waals surface area contributed by atoms with E-state index in [1.54, 1.807) is 0 Å². The van der Waals surface area contributed by atoms with Crippen LogP contribution in [0.5, 0.6) is 0 Å². The zero-order valence-corrected chi connectivity index (χ0v) is 6.64. The van der Waals surface area contributed by atoms with Crippen molar-refractivity contribution in [1.29, 1.82) is 0 Å². The first-order chi connectivity index (χ1) is 4.83. The third-order valence-electron chi connectivity index (χ3n) is 2.19. The highest BCUT2D eigenvalue weighted by Crippen LogP contribution is 2.14. The fourth-order valence-electron chi connectivity index (χ4n) is 1.35. The first kappa shape index (κ1) is 7.98. The molecule has 1 aliphatic heterocycles. The molecule has 0 aromatic rings. The van der Waals surface area contributed by atoms with Gasteiger partial charge in [-0.1, -0.05) is 6.92 Å². The van der Waals surface area contributed by atoms with E-state index < -0.39 is 0 Å². The van der Waals surface area contributed by atoms with Gasteiger partial charge in [-0.2, -0.15) is 0 Å². The third kappa shape index (κ3) is 2.25. The first-order valence-electron chi connectivity index (χ1n) is 3.98. The van der Waals surface area contributed by atoms with Crippen LogP contribution in [0.3, 0.4) is 0 Å². The fourth-order valence-corrected chi connectivity index (χ4v) is 1.35. The van der Waals surface area contributed by atoms with Crippen molar-refractivity contribution in [2.24, 2.45) is 11.8 Å². The Morgan fingerprint density at radius 1 is 1.50 bits per heavy atom. The normalized spacial score (nSPS) is 23.4. The van der Waals surface area contributed by atoms with Gasteiger partial charge < -0.3 is 0 Å². The summed E-state index contributed by atoms with van der Waals surface area (Å²) in [6, 6.07) is 0. The van der Waals surface area contributed by atoms with Crippen molar-refractivity contribution < 1.29 is 0 Å². The lowest BCUT2D eigenvalue weighted by Crippen LogP contribution is -2.42. The third-order valence-corrected chi connectivity index (χ3v) is 2.19. The van der Waals surface area contributed by atoms with E-state index in [1.807, 2.05) is 0 Å². The Kier molecular flexibility index (Phi) is 3.12. The molecule has 60 valence electrons. The zero-order chi connectivity index (χ0) is 7.40. The highest BCUT2D eigenvalue weighted by atomic mass is 15.3. The topological polar surface area (TPSA) is 41.3 Å². The smallest absolute Gasteiger partial charge is 0.0612 e. The number of nitrogens with one attached hydrogen (secondary N) is 1. The van der Waals surface area contributed by atoms with Crippen LogP contribution in [-0.4, -0.2) is 24.7 Å². The summed E-state index contributed by atoms with van der Waals surface area (Å²) in [4.78, 5) is 2.35. The summed E-state index contributed by atoms with van der Waals surface area (Å²) in [6.45, 7) is 5.55. The number of nitrogens with two attached hydrogens (primary N) is 1. The van der Waals surface area contributed by atoms with Crippen LogP contribution >= 0.6 is 0 Å². The summed E-state index contributed by atoms with van der Waals surface area (Å²) < 4.78 is 0. The van der Waals surface area contributed by atoms with Crippen LogP contribution in [0.1, 0.15) is 19.8 Å². The van der Waals surface area contributed by atoms with Crippen LogP contribution in [0.15, 0.2) is 0 Å². The van der Waals surface area contributed by atoms with Crippen molar-refractivity contribution in [3.63, 3.8) is 0 Å². The van der Waals surface area contributed by atoms with Gasteiger partial charge in [-0.3, -0.25) is 10.7 Å². The number of nitrogens with zero attached hydrogens (tertiary/aromatic N) is 1. The maximum Gasteiger partial charge on any atom is 0.0612 e. The maximum atomic E-state index is 5.20. The van der Waals surface area contributed by atoms with Gasteiger partial charge in [0.25, 0.3) is 0 Å². The monoisotopic (exact) mass is 143 g/mol. The van der Waals surface area contributed by atoms with Crippen LogP contribution in [0.4, 0.5) is 0 Å². The average molecular weight is 143 g/mol. The van der Waals surface area contributed by atoms with E-state index in [9.17, 15) is 0 Å². The number of piperidine rings is 1. The number of hydrogen-bond acceptors (Lipinski definition) is 3. The summed E-state index contributed by atoms with van der Waals surface area (Å²) >= 11 is 0. The molecule has 0 aromatic heterocycles. The second kappa shape index (κ2) is 3.91. The van der Waals surface area contributed by atoms with Gasteiger partial charge in [0.05, 0.1) is 6.67 Å². The second-order valence-corrected chi connectivity index (χ2v) is 3.16. The van der Waals surface area contributed by atoms with Crippen LogP contribution in [0, 0.1) is 5.92 Å². The lowest BCUT2D eigenvalue weighted by molar-refractivity contribution is 0.180. The predicted octanol–water partition coefficient (Wildman–Crippen LogP) is 0.139. The van der Waals surface area contributed by atoms with Crippen LogP contribution in [0.25, 0.3) is 0 Å². The summed E-state index contributed by atoms with van der Waals surface area (Å²) in [5.41, 5.74) is 2.68. The minimum Gasteiger partial charge on any atom is -0.290 e. The van der Waals surface area contributed by atoms with Gasteiger partial charge in [0, 0.05) is 0 Å². The Hall–Kier alpha value is -0.120. The van der Waals surface area contributed by atoms with E-state index in [-0.39, 0.29) is 0 Å². The molecule has 1 aliphatic rings. The quantitative estimate of drug-likeness (QED) is 0.427. The van der Waals surface area contributed by atoms with Crippen molar-refractivity contribution in [2.75, 3.05) is 19.8 Å². The average Bonchev–Trinajstić information content (AvgIpc) is 1.95. The number of likely N-dealkylation sites (tertiary alicyclic amines) is 1. The molecule has 0 radical (unpaired) electrons. The molecule has 10 heavy (non-hydrogen) atoms. The number of rotatable bonds is 2. The molecule has 1 rings (SSSR count). The molecule has 0 aliphatic carbocycles. The molecule has 0 atom stereocenters. The summed E-state index contributed by atoms with van der Waals surface area (Å²) in [7, 11) is 0. The second-order valence-electron chi connectivity index (χ2n) is 3.16. The molecule has 0 bridgehead atoms. The lowest BCUT2D eigenvalue weighted by Gasteiger charge is -2.29. The Labute approximate surface area is 62.5 Å². The van der Waals surface area contributed by atoms with E-state index in [0.29, 0.717) is 0 Å². The standard InChI is InChI=1S/C7H17N3/c1-7-2-4-10(5-3-7)6-9-8/h7,9H,2-6,8H2,1H3. The molecule has 1 heterocycles. The summed E-state index contributed by atoms with van der Waals surface area (Å²) in [6.07, 6.45) is 2.64. The van der Waals surface area contributed by atoms with Gasteiger partial charge in [0.2, 0.25) is 0 Å². The molecule has 0 saturated carbocycles. The van der Waals surface area contributed by atoms with Gasteiger partial charge in [-0.05, 0) is 31.8 Å². The van der Waals surface area contributed by atoms with Gasteiger partial charge in [-0.25, -0.2) is 5.43 Å². The van der Waals surface area contributed by atoms with Gasteiger partial charge in [-0.15, -0.1) is 0 Å². The fraction of sp³-hybridized carbons (Fsp3) is 1.00. The summed E-state index contributed by atoms with van der Waals surface area (Å²) in [5.74, 6) is 6.11. The highest BCUT2D eigenvalue weighted by Gasteiger charge is 2.13. The molecule has 1 fully saturated rings. The molecule has 0 unspecified atom stereocenters. The van der Waals surface area contributed by atoms with Crippen LogP contribution in [0.2, 0.25) is 0 Å². The molecular formula is C7H17N3. The maximum absolute atomic E-state index is 5.20. The molecule has 1 saturated heterocycles. The minimum absolute atomic E-state index is 0.840. The van der Waals surface area contributed by atoms with E-state index in [2.05, 4.69) is 17.2 Å². The van der Waals surface area contributed by atoms with Crippen molar-refractivity contribution in [3.8, 4) is 0 Å². The van der Waals surface area contributed by atoms with E-state index >= 15 is 0 Å². The largest absolute Gasteiger partial charge is 0.290 e. The van der Waals surface area contributed by atoms with Crippen LogP contribution < -0.4 is 11.3 Å². The van der Waals surface area contributed by atoms with Crippen molar-refractivity contribution >= 4 is 0 Å². The molecule has 0 aromatic carbocycles. The molecule has 3 N–H and O–H groups in total. The van der Waals surface area contributed by atoms with Gasteiger partial charge in [0.1, 0.15) is 0 Å². The zero-order valence-electron chi connectivity index (χ0n) is 6.64. The van der Waals surface area contributed by atoms with E-state index in [4.69, 9.17) is 5.84 Å². The summed E-state index contributed by atoms with van der Waals surface area (Å²) in [5, 5.41) is 0. The Bertz CT molecular complexity index is 86.9. The molecule has 0 amide bonds. The van der Waals surface area contributed by atoms with E-state index in [0.717, 1.165) is 12.6 Å². The van der Waals surface area contributed by atoms with E-state index in [1.165, 1.54) is 25.9 Å². The van der Waals surface area contributed by atoms with Crippen molar-refractivity contribution in [2.45, 2.75) is 19.8 Å². The number of hydrogen-bond donors (Lipinski definition) is 2. The van der Waals surface area contributed by atoms with Crippen molar-refractivity contribution in [3.05, 3.63) is 0 Å². The molecule has 0 spiro atoms. The first-order valence-corrected chi connectivity index (χ1v) is 3.98. The molecule has 3 nitrogen and oxygen atoms in total. The van der Waals surface area contributed by atoms with Gasteiger partial charge in [0.15, 0.2) is 0 Å². The highest BCUT2D eigenvalue weighted by molar-refractivity contribution is 4.67. The van der Waals surface area contributed by atoms with Crippen molar-refractivity contribution in [1.82, 2.24) is 10.3 Å². The lowest BCUT2D eigenvalue weighted by atomic mass is 10.00. The Morgan fingerprint density at radius 2 is 2.10 bits per heavy atom. The van der Waals surface area contributed by atoms with Gasteiger partial charge >= 0.3 is 0 Å². The predicted molar refractivity (Wildman–Crippen MR) is 42.2 cm³/mol. The number of hydrazine groups is 1. The Morgan fingerprint density at radius 3 is 2.60 bits per heavy atom. The van der Waals surface area contributed by atoms with Crippen LogP contribution in [-0.2, 0) is 0 Å². The molecular weight excluding hydrogens is 126 g/mol. The Balaban J connectivity index is 2.13. The minimum atomic E-state index is 0.840.